The Bertz CT molecular complexity index is 128. The van der Waals surface area contributed by atoms with Crippen LogP contribution in [0.15, 0.2) is 12.2 Å². The number of hydrogen-bond donors (Lipinski definition) is 0. The second kappa shape index (κ2) is 7.32. The fraction of sp³-hybridized carbons (Fsp3) is 0.556. The minimum atomic E-state index is -0.107. The van der Waals surface area contributed by atoms with E-state index in [0.717, 1.165) is 12.8 Å². The third-order valence-corrected chi connectivity index (χ3v) is 1.22. The van der Waals surface area contributed by atoms with Crippen LogP contribution in [0.25, 0.3) is 0 Å². The quantitative estimate of drug-likeness (QED) is 0.449. The molecule has 0 spiro atoms. The van der Waals surface area contributed by atoms with Crippen LogP contribution in [-0.4, -0.2) is 12.6 Å². The highest BCUT2D eigenvalue weighted by Gasteiger charge is 1.98. The zero-order valence-corrected chi connectivity index (χ0v) is 7.01. The Morgan fingerprint density at radius 3 is 2.91 bits per heavy atom. The summed E-state index contributed by atoms with van der Waals surface area (Å²) in [5.41, 5.74) is 0. The molecule has 0 unspecified atom stereocenters. The highest BCUT2D eigenvalue weighted by atomic mass is 16.5. The fourth-order valence-electron chi connectivity index (χ4n) is 0.715. The van der Waals surface area contributed by atoms with Crippen LogP contribution < -0.4 is 0 Å². The zero-order chi connectivity index (χ0) is 8.53. The van der Waals surface area contributed by atoms with E-state index in [0.29, 0.717) is 13.0 Å². The Labute approximate surface area is 68.2 Å². The maximum Gasteiger partial charge on any atom is 0.305 e. The molecule has 0 aromatic carbocycles. The molecule has 2 heteroatoms. The van der Waals surface area contributed by atoms with Gasteiger partial charge >= 0.3 is 5.97 Å². The van der Waals surface area contributed by atoms with Crippen LogP contribution >= 0.6 is 0 Å². The summed E-state index contributed by atoms with van der Waals surface area (Å²) < 4.78 is 4.74. The first-order chi connectivity index (χ1) is 5.31. The molecule has 0 N–H and O–H groups in total. The minimum Gasteiger partial charge on any atom is -0.466 e. The van der Waals surface area contributed by atoms with Crippen LogP contribution in [0.3, 0.4) is 0 Å². The third-order valence-electron chi connectivity index (χ3n) is 1.22. The zero-order valence-electron chi connectivity index (χ0n) is 7.01. The summed E-state index contributed by atoms with van der Waals surface area (Å²) in [6, 6.07) is 0. The molecule has 0 saturated heterocycles. The molecule has 0 heterocycles. The largest absolute Gasteiger partial charge is 0.466 e. The number of esters is 1. The Morgan fingerprint density at radius 2 is 2.36 bits per heavy atom. The number of carbonyl (C=O) groups excluding carboxylic acids is 1. The van der Waals surface area contributed by atoms with Gasteiger partial charge in [-0.2, -0.15) is 0 Å². The van der Waals surface area contributed by atoms with Gasteiger partial charge in [0.2, 0.25) is 0 Å². The average molecular weight is 155 g/mol. The normalized spacial score (nSPS) is 10.4. The SMILES string of the molecule is [CH2]C=CCCCC(=O)OCC. The highest BCUT2D eigenvalue weighted by Crippen LogP contribution is 1.98. The molecule has 0 aromatic rings. The van der Waals surface area contributed by atoms with Gasteiger partial charge in [-0.05, 0) is 26.7 Å². The predicted molar refractivity (Wildman–Crippen MR) is 45.0 cm³/mol. The van der Waals surface area contributed by atoms with Crippen LogP contribution in [-0.2, 0) is 9.53 Å². The smallest absolute Gasteiger partial charge is 0.305 e. The second-order valence-electron chi connectivity index (χ2n) is 2.17. The lowest BCUT2D eigenvalue weighted by Gasteiger charge is -1.98. The molecule has 0 saturated carbocycles. The summed E-state index contributed by atoms with van der Waals surface area (Å²) in [6.45, 7) is 5.83. The number of ether oxygens (including phenoxy) is 1. The van der Waals surface area contributed by atoms with Crippen LogP contribution in [0.5, 0.6) is 0 Å². The van der Waals surface area contributed by atoms with Gasteiger partial charge in [0.05, 0.1) is 6.61 Å². The van der Waals surface area contributed by atoms with Crippen molar-refractivity contribution in [3.05, 3.63) is 19.1 Å². The van der Waals surface area contributed by atoms with Crippen molar-refractivity contribution in [3.63, 3.8) is 0 Å². The van der Waals surface area contributed by atoms with Gasteiger partial charge in [0, 0.05) is 6.42 Å². The van der Waals surface area contributed by atoms with E-state index in [1.54, 1.807) is 6.08 Å². The molecule has 63 valence electrons. The van der Waals surface area contributed by atoms with Crippen LogP contribution in [0.1, 0.15) is 26.2 Å². The number of rotatable bonds is 5. The molecule has 0 aromatic heterocycles. The molecular weight excluding hydrogens is 140 g/mol. The number of allylic oxidation sites excluding steroid dienone is 2. The molecule has 0 rings (SSSR count). The van der Waals surface area contributed by atoms with Gasteiger partial charge in [-0.15, -0.1) is 0 Å². The summed E-state index contributed by atoms with van der Waals surface area (Å²) in [5, 5.41) is 0. The molecule has 0 bridgehead atoms. The molecular formula is C9H15O2. The van der Waals surface area contributed by atoms with E-state index in [9.17, 15) is 4.79 Å². The molecule has 1 radical (unpaired) electrons. The first-order valence-corrected chi connectivity index (χ1v) is 3.91. The predicted octanol–water partition coefficient (Wildman–Crippen LogP) is 2.11. The third kappa shape index (κ3) is 7.10. The van der Waals surface area contributed by atoms with Gasteiger partial charge in [0.25, 0.3) is 0 Å². The van der Waals surface area contributed by atoms with Crippen LogP contribution in [0, 0.1) is 6.92 Å². The molecule has 2 nitrogen and oxygen atoms in total. The van der Waals surface area contributed by atoms with Crippen molar-refractivity contribution in [2.45, 2.75) is 26.2 Å². The van der Waals surface area contributed by atoms with Crippen molar-refractivity contribution in [1.82, 2.24) is 0 Å². The van der Waals surface area contributed by atoms with E-state index < -0.39 is 0 Å². The molecule has 0 aliphatic carbocycles. The monoisotopic (exact) mass is 155 g/mol. The van der Waals surface area contributed by atoms with Gasteiger partial charge in [-0.1, -0.05) is 12.2 Å². The molecule has 0 fully saturated rings. The average Bonchev–Trinajstić information content (AvgIpc) is 1.99. The van der Waals surface area contributed by atoms with Crippen molar-refractivity contribution >= 4 is 5.97 Å². The fourth-order valence-corrected chi connectivity index (χ4v) is 0.715. The van der Waals surface area contributed by atoms with E-state index >= 15 is 0 Å². The van der Waals surface area contributed by atoms with Gasteiger partial charge in [0.15, 0.2) is 0 Å². The first kappa shape index (κ1) is 10.2. The minimum absolute atomic E-state index is 0.107. The molecule has 0 atom stereocenters. The molecule has 0 aliphatic rings. The van der Waals surface area contributed by atoms with E-state index in [1.807, 2.05) is 13.0 Å². The van der Waals surface area contributed by atoms with Crippen molar-refractivity contribution in [3.8, 4) is 0 Å². The maximum atomic E-state index is 10.7. The van der Waals surface area contributed by atoms with Gasteiger partial charge < -0.3 is 4.74 Å². The lowest BCUT2D eigenvalue weighted by molar-refractivity contribution is -0.143. The number of unbranched alkanes of at least 4 members (excludes halogenated alkanes) is 1. The standard InChI is InChI=1S/C9H15O2/c1-3-5-6-7-8-9(10)11-4-2/h3,5H,1,4,6-8H2,2H3. The van der Waals surface area contributed by atoms with Crippen LogP contribution in [0.2, 0.25) is 0 Å². The van der Waals surface area contributed by atoms with Gasteiger partial charge in [-0.25, -0.2) is 0 Å². The summed E-state index contributed by atoms with van der Waals surface area (Å²) in [7, 11) is 0. The van der Waals surface area contributed by atoms with Crippen molar-refractivity contribution in [2.75, 3.05) is 6.61 Å². The summed E-state index contributed by atoms with van der Waals surface area (Å²) >= 11 is 0. The topological polar surface area (TPSA) is 26.3 Å². The van der Waals surface area contributed by atoms with E-state index in [1.165, 1.54) is 0 Å². The van der Waals surface area contributed by atoms with Crippen molar-refractivity contribution in [2.24, 2.45) is 0 Å². The first-order valence-electron chi connectivity index (χ1n) is 3.91. The lowest BCUT2D eigenvalue weighted by Crippen LogP contribution is -2.02. The molecule has 11 heavy (non-hydrogen) atoms. The summed E-state index contributed by atoms with van der Waals surface area (Å²) in [6.07, 6.45) is 5.95. The Balaban J connectivity index is 3.17. The van der Waals surface area contributed by atoms with Crippen molar-refractivity contribution < 1.29 is 9.53 Å². The number of carbonyl (C=O) groups is 1. The van der Waals surface area contributed by atoms with E-state index in [4.69, 9.17) is 4.74 Å². The van der Waals surface area contributed by atoms with Crippen LogP contribution in [0.4, 0.5) is 0 Å². The summed E-state index contributed by atoms with van der Waals surface area (Å²) in [5.74, 6) is -0.107. The maximum absolute atomic E-state index is 10.7. The van der Waals surface area contributed by atoms with E-state index in [-0.39, 0.29) is 5.97 Å². The number of hydrogen-bond acceptors (Lipinski definition) is 2. The Morgan fingerprint density at radius 1 is 1.64 bits per heavy atom. The Hall–Kier alpha value is -0.790. The second-order valence-corrected chi connectivity index (χ2v) is 2.17. The highest BCUT2D eigenvalue weighted by molar-refractivity contribution is 5.69. The van der Waals surface area contributed by atoms with Gasteiger partial charge in [-0.3, -0.25) is 4.79 Å². The van der Waals surface area contributed by atoms with Crippen molar-refractivity contribution in [1.29, 1.82) is 0 Å². The van der Waals surface area contributed by atoms with Gasteiger partial charge in [0.1, 0.15) is 0 Å². The molecule has 0 amide bonds. The molecule has 0 aliphatic heterocycles. The lowest BCUT2D eigenvalue weighted by atomic mass is 10.2. The summed E-state index contributed by atoms with van der Waals surface area (Å²) in [4.78, 5) is 10.7. The van der Waals surface area contributed by atoms with E-state index in [2.05, 4.69) is 6.92 Å². The Kier molecular flexibility index (Phi) is 6.79.